The van der Waals surface area contributed by atoms with Gasteiger partial charge in [0.1, 0.15) is 8.64 Å². The fourth-order valence-electron chi connectivity index (χ4n) is 1.49. The van der Waals surface area contributed by atoms with Gasteiger partial charge in [-0.1, -0.05) is 30.5 Å². The number of thiol groups is 2. The molecule has 0 radical (unpaired) electrons. The molecule has 1 aromatic rings. The second-order valence-electron chi connectivity index (χ2n) is 3.69. The molecule has 1 atom stereocenters. The van der Waals surface area contributed by atoms with Crippen LogP contribution in [0.5, 0.6) is 5.75 Å². The van der Waals surface area contributed by atoms with E-state index < -0.39 is 16.7 Å². The number of aromatic hydroxyl groups is 1. The number of nitrogens with zero attached hydrogens (tertiary/aromatic N) is 1. The Balaban J connectivity index is 3.06. The molecule has 20 heavy (non-hydrogen) atoms. The van der Waals surface area contributed by atoms with Crippen molar-refractivity contribution in [1.29, 1.82) is 0 Å². The first kappa shape index (κ1) is 17.0. The summed E-state index contributed by atoms with van der Waals surface area (Å²) in [5, 5.41) is 25.9. The molecular formula is C10H11N3O3S4. The number of nitro benzene ring substituents is 1. The van der Waals surface area contributed by atoms with Crippen LogP contribution in [0.15, 0.2) is 18.2 Å². The summed E-state index contributed by atoms with van der Waals surface area (Å²) in [4.78, 5) is 10.2. The highest BCUT2D eigenvalue weighted by atomic mass is 32.1. The molecule has 0 aromatic heterocycles. The third-order valence-electron chi connectivity index (χ3n) is 2.35. The maximum atomic E-state index is 10.8. The zero-order valence-electron chi connectivity index (χ0n) is 9.94. The Hall–Kier alpha value is -1.10. The average molecular weight is 349 g/mol. The second-order valence-corrected chi connectivity index (χ2v) is 6.01. The lowest BCUT2D eigenvalue weighted by atomic mass is 10.1. The first-order valence-electron chi connectivity index (χ1n) is 5.25. The van der Waals surface area contributed by atoms with E-state index in [1.54, 1.807) is 6.07 Å². The van der Waals surface area contributed by atoms with E-state index >= 15 is 0 Å². The zero-order chi connectivity index (χ0) is 15.3. The van der Waals surface area contributed by atoms with E-state index in [2.05, 4.69) is 35.9 Å². The van der Waals surface area contributed by atoms with Gasteiger partial charge in [0, 0.05) is 12.6 Å². The van der Waals surface area contributed by atoms with Crippen molar-refractivity contribution < 1.29 is 10.0 Å². The highest BCUT2D eigenvalue weighted by Gasteiger charge is 2.19. The first-order valence-corrected chi connectivity index (χ1v) is 6.96. The lowest BCUT2D eigenvalue weighted by Gasteiger charge is -2.19. The normalized spacial score (nSPS) is 11.5. The lowest BCUT2D eigenvalue weighted by molar-refractivity contribution is -0.385. The van der Waals surface area contributed by atoms with E-state index in [1.165, 1.54) is 12.1 Å². The van der Waals surface area contributed by atoms with Gasteiger partial charge in [-0.25, -0.2) is 0 Å². The summed E-state index contributed by atoms with van der Waals surface area (Å²) in [6.45, 7) is 0.310. The molecule has 0 saturated carbocycles. The lowest BCUT2D eigenvalue weighted by Crippen LogP contribution is -2.34. The minimum Gasteiger partial charge on any atom is -0.502 e. The molecule has 1 aromatic carbocycles. The van der Waals surface area contributed by atoms with Crippen LogP contribution in [0, 0.1) is 10.1 Å². The molecule has 1 rings (SSSR count). The Morgan fingerprint density at radius 2 is 2.05 bits per heavy atom. The van der Waals surface area contributed by atoms with E-state index in [0.29, 0.717) is 12.1 Å². The smallest absolute Gasteiger partial charge is 0.311 e. The van der Waals surface area contributed by atoms with Gasteiger partial charge in [-0.3, -0.25) is 10.1 Å². The third-order valence-corrected chi connectivity index (χ3v) is 2.90. The van der Waals surface area contributed by atoms with Crippen molar-refractivity contribution in [2.24, 2.45) is 0 Å². The number of nitro groups is 1. The van der Waals surface area contributed by atoms with Crippen LogP contribution < -0.4 is 10.6 Å². The molecule has 0 aliphatic heterocycles. The summed E-state index contributed by atoms with van der Waals surface area (Å²) in [5.74, 6) is -0.399. The van der Waals surface area contributed by atoms with E-state index in [-0.39, 0.29) is 14.3 Å². The second kappa shape index (κ2) is 7.62. The monoisotopic (exact) mass is 349 g/mol. The molecule has 0 fully saturated rings. The number of phenols is 1. The van der Waals surface area contributed by atoms with Crippen LogP contribution in [0.4, 0.5) is 5.69 Å². The van der Waals surface area contributed by atoms with E-state index in [0.717, 1.165) is 0 Å². The molecule has 1 unspecified atom stereocenters. The van der Waals surface area contributed by atoms with Gasteiger partial charge in [0.25, 0.3) is 0 Å². The number of thiocarbonyl (C=S) groups is 2. The molecule has 0 heterocycles. The van der Waals surface area contributed by atoms with Crippen molar-refractivity contribution in [3.05, 3.63) is 33.9 Å². The third kappa shape index (κ3) is 5.12. The number of hydrogen-bond donors (Lipinski definition) is 5. The van der Waals surface area contributed by atoms with Gasteiger partial charge in [-0.2, -0.15) is 0 Å². The minimum atomic E-state index is -0.661. The summed E-state index contributed by atoms with van der Waals surface area (Å²) in [5.41, 5.74) is 0.177. The van der Waals surface area contributed by atoms with E-state index in [9.17, 15) is 15.2 Å². The summed E-state index contributed by atoms with van der Waals surface area (Å²) >= 11 is 17.6. The topological polar surface area (TPSA) is 87.4 Å². The summed E-state index contributed by atoms with van der Waals surface area (Å²) < 4.78 is 0.521. The molecule has 0 amide bonds. The Kier molecular flexibility index (Phi) is 6.46. The fourth-order valence-corrected chi connectivity index (χ4v) is 1.97. The molecule has 0 aliphatic carbocycles. The van der Waals surface area contributed by atoms with Gasteiger partial charge >= 0.3 is 5.69 Å². The predicted molar refractivity (Wildman–Crippen MR) is 91.8 cm³/mol. The fraction of sp³-hybridized carbons (Fsp3) is 0.200. The minimum absolute atomic E-state index is 0.234. The van der Waals surface area contributed by atoms with Crippen molar-refractivity contribution >= 4 is 64.0 Å². The number of phenolic OH excluding ortho intramolecular Hbond substituents is 1. The molecule has 6 nitrogen and oxygen atoms in total. The van der Waals surface area contributed by atoms with Gasteiger partial charge in [-0.05, 0) is 11.6 Å². The molecule has 0 bridgehead atoms. The molecule has 0 aliphatic rings. The van der Waals surface area contributed by atoms with Crippen LogP contribution in [0.3, 0.4) is 0 Å². The van der Waals surface area contributed by atoms with Crippen molar-refractivity contribution in [2.75, 3.05) is 6.54 Å². The Bertz CT molecular complexity index is 553. The molecule has 0 spiro atoms. The van der Waals surface area contributed by atoms with Crippen LogP contribution in [0.1, 0.15) is 11.6 Å². The van der Waals surface area contributed by atoms with Crippen LogP contribution in [-0.4, -0.2) is 25.2 Å². The van der Waals surface area contributed by atoms with Crippen molar-refractivity contribution in [3.8, 4) is 5.75 Å². The number of rotatable bonds is 5. The van der Waals surface area contributed by atoms with Crippen LogP contribution in [-0.2, 0) is 0 Å². The largest absolute Gasteiger partial charge is 0.502 e. The first-order chi connectivity index (χ1) is 9.31. The summed E-state index contributed by atoms with van der Waals surface area (Å²) in [6, 6.07) is 3.67. The van der Waals surface area contributed by atoms with Gasteiger partial charge < -0.3 is 15.7 Å². The maximum Gasteiger partial charge on any atom is 0.311 e. The Morgan fingerprint density at radius 1 is 1.40 bits per heavy atom. The maximum absolute atomic E-state index is 10.8. The van der Waals surface area contributed by atoms with Crippen molar-refractivity contribution in [1.82, 2.24) is 10.6 Å². The number of hydrogen-bond acceptors (Lipinski definition) is 5. The SMILES string of the molecule is O=[N+]([O-])c1cc(C(CNC(=S)S)NC(=S)S)ccc1O. The summed E-state index contributed by atoms with van der Waals surface area (Å²) in [7, 11) is 0. The van der Waals surface area contributed by atoms with E-state index in [4.69, 9.17) is 24.4 Å². The molecule has 0 saturated heterocycles. The van der Waals surface area contributed by atoms with Crippen molar-refractivity contribution in [2.45, 2.75) is 6.04 Å². The molecular weight excluding hydrogens is 338 g/mol. The Morgan fingerprint density at radius 3 is 2.55 bits per heavy atom. The highest BCUT2D eigenvalue weighted by Crippen LogP contribution is 2.28. The molecule has 10 heteroatoms. The van der Waals surface area contributed by atoms with Gasteiger partial charge in [0.2, 0.25) is 0 Å². The van der Waals surface area contributed by atoms with Crippen LogP contribution in [0.2, 0.25) is 0 Å². The van der Waals surface area contributed by atoms with Gasteiger partial charge in [0.05, 0.1) is 11.0 Å². The quantitative estimate of drug-likeness (QED) is 0.240. The predicted octanol–water partition coefficient (Wildman–Crippen LogP) is 1.95. The van der Waals surface area contributed by atoms with Crippen molar-refractivity contribution in [3.63, 3.8) is 0 Å². The highest BCUT2D eigenvalue weighted by molar-refractivity contribution is 8.11. The molecule has 3 N–H and O–H groups in total. The van der Waals surface area contributed by atoms with Gasteiger partial charge in [-0.15, -0.1) is 25.3 Å². The van der Waals surface area contributed by atoms with E-state index in [1.807, 2.05) is 0 Å². The van der Waals surface area contributed by atoms with Gasteiger partial charge in [0.15, 0.2) is 5.75 Å². The average Bonchev–Trinajstić information content (AvgIpc) is 2.34. The number of nitrogens with one attached hydrogen (secondary N) is 2. The summed E-state index contributed by atoms with van der Waals surface area (Å²) in [6.07, 6.45) is 0. The van der Waals surface area contributed by atoms with Crippen LogP contribution >= 0.6 is 49.7 Å². The van der Waals surface area contributed by atoms with Crippen LogP contribution in [0.25, 0.3) is 0 Å². The zero-order valence-corrected chi connectivity index (χ0v) is 13.4. The standard InChI is InChI=1S/C10H11N3O3S4/c14-8-2-1-5(3-7(8)13(15)16)6(12-10(19)20)4-11-9(17)18/h1-3,6,14H,4H2,(H2,11,17,18)(H2,12,19,20). The number of benzene rings is 1. The Labute approximate surface area is 136 Å². The molecule has 108 valence electrons.